The molecule has 2 atom stereocenters. The Hall–Kier alpha value is -1.31. The minimum atomic E-state index is -0.00934. The normalized spacial score (nSPS) is 23.0. The molecule has 1 N–H and O–H groups in total. The van der Waals surface area contributed by atoms with Gasteiger partial charge in [0.05, 0.1) is 5.92 Å². The number of hydrogen-bond donors (Lipinski definition) is 1. The van der Waals surface area contributed by atoms with Crippen LogP contribution in [0.4, 0.5) is 0 Å². The van der Waals surface area contributed by atoms with Crippen LogP contribution >= 0.6 is 0 Å². The monoisotopic (exact) mass is 259 g/mol. The van der Waals surface area contributed by atoms with Gasteiger partial charge in [-0.2, -0.15) is 0 Å². The average Bonchev–Trinajstić information content (AvgIpc) is 2.71. The third kappa shape index (κ3) is 3.59. The number of amides is 1. The van der Waals surface area contributed by atoms with E-state index in [4.69, 9.17) is 0 Å². The molecule has 2 heteroatoms. The largest absolute Gasteiger partial charge is 0.353 e. The topological polar surface area (TPSA) is 29.1 Å². The molecule has 2 nitrogen and oxygen atoms in total. The highest BCUT2D eigenvalue weighted by Crippen LogP contribution is 2.37. The first-order valence-corrected chi connectivity index (χ1v) is 7.37. The van der Waals surface area contributed by atoms with Crippen molar-refractivity contribution in [3.8, 4) is 0 Å². The van der Waals surface area contributed by atoms with Gasteiger partial charge in [-0.3, -0.25) is 4.79 Å². The predicted molar refractivity (Wildman–Crippen MR) is 79.0 cm³/mol. The van der Waals surface area contributed by atoms with E-state index in [-0.39, 0.29) is 11.8 Å². The molecule has 1 aliphatic carbocycles. The van der Waals surface area contributed by atoms with Gasteiger partial charge in [0.2, 0.25) is 5.91 Å². The van der Waals surface area contributed by atoms with Gasteiger partial charge in [0.15, 0.2) is 0 Å². The number of rotatable bonds is 4. The Morgan fingerprint density at radius 3 is 2.58 bits per heavy atom. The van der Waals surface area contributed by atoms with Crippen molar-refractivity contribution in [1.82, 2.24) is 5.32 Å². The van der Waals surface area contributed by atoms with Crippen molar-refractivity contribution >= 4 is 5.91 Å². The average molecular weight is 259 g/mol. The highest BCUT2D eigenvalue weighted by molar-refractivity contribution is 5.83. The zero-order valence-corrected chi connectivity index (χ0v) is 12.3. The summed E-state index contributed by atoms with van der Waals surface area (Å²) in [6.45, 7) is 6.65. The van der Waals surface area contributed by atoms with Crippen molar-refractivity contribution in [2.75, 3.05) is 0 Å². The third-order valence-corrected chi connectivity index (χ3v) is 4.24. The highest BCUT2D eigenvalue weighted by atomic mass is 16.1. The van der Waals surface area contributed by atoms with Crippen LogP contribution in [0.3, 0.4) is 0 Å². The van der Waals surface area contributed by atoms with Gasteiger partial charge in [0.25, 0.3) is 0 Å². The minimum absolute atomic E-state index is 0.00934. The lowest BCUT2D eigenvalue weighted by molar-refractivity contribution is -0.123. The Balaban J connectivity index is 1.99. The first-order chi connectivity index (χ1) is 9.02. The van der Waals surface area contributed by atoms with E-state index in [0.717, 1.165) is 24.8 Å². The lowest BCUT2D eigenvalue weighted by Crippen LogP contribution is -2.37. The summed E-state index contributed by atoms with van der Waals surface area (Å²) in [4.78, 5) is 12.4. The quantitative estimate of drug-likeness (QED) is 0.873. The lowest BCUT2D eigenvalue weighted by atomic mass is 9.91. The second-order valence-corrected chi connectivity index (χ2v) is 6.48. The van der Waals surface area contributed by atoms with Crippen molar-refractivity contribution in [2.45, 2.75) is 58.4 Å². The van der Waals surface area contributed by atoms with E-state index in [2.05, 4.69) is 26.1 Å². The first kappa shape index (κ1) is 14.1. The summed E-state index contributed by atoms with van der Waals surface area (Å²) < 4.78 is 0. The molecule has 1 aliphatic rings. The van der Waals surface area contributed by atoms with Crippen LogP contribution in [0.25, 0.3) is 0 Å². The highest BCUT2D eigenvalue weighted by Gasteiger charge is 2.32. The molecule has 2 rings (SSSR count). The van der Waals surface area contributed by atoms with Crippen LogP contribution in [0, 0.1) is 5.41 Å². The molecule has 1 aromatic carbocycles. The fourth-order valence-electron chi connectivity index (χ4n) is 3.12. The van der Waals surface area contributed by atoms with Crippen molar-refractivity contribution in [3.63, 3.8) is 0 Å². The predicted octanol–water partition coefficient (Wildman–Crippen LogP) is 3.88. The molecule has 0 aromatic heterocycles. The standard InChI is InChI=1S/C17H25NO/c1-4-15(13-8-6-5-7-9-13)16(19)18-14-10-11-17(2,3)12-14/h5-9,14-15H,4,10-12H2,1-3H3,(H,18,19). The summed E-state index contributed by atoms with van der Waals surface area (Å²) in [7, 11) is 0. The van der Waals surface area contributed by atoms with E-state index < -0.39 is 0 Å². The van der Waals surface area contributed by atoms with E-state index in [0.29, 0.717) is 11.5 Å². The molecule has 0 radical (unpaired) electrons. The van der Waals surface area contributed by atoms with Crippen LogP contribution < -0.4 is 5.32 Å². The van der Waals surface area contributed by atoms with Crippen LogP contribution in [0.1, 0.15) is 57.9 Å². The van der Waals surface area contributed by atoms with E-state index in [1.165, 1.54) is 6.42 Å². The van der Waals surface area contributed by atoms with E-state index in [1.807, 2.05) is 30.3 Å². The molecule has 0 bridgehead atoms. The van der Waals surface area contributed by atoms with Gasteiger partial charge in [-0.25, -0.2) is 0 Å². The molecule has 1 aromatic rings. The molecule has 1 saturated carbocycles. The maximum Gasteiger partial charge on any atom is 0.227 e. The van der Waals surface area contributed by atoms with Crippen molar-refractivity contribution in [3.05, 3.63) is 35.9 Å². The molecule has 19 heavy (non-hydrogen) atoms. The molecular formula is C17H25NO. The Labute approximate surface area is 116 Å². The molecule has 104 valence electrons. The fraction of sp³-hybridized carbons (Fsp3) is 0.588. The van der Waals surface area contributed by atoms with Gasteiger partial charge in [-0.05, 0) is 36.7 Å². The number of hydrogen-bond acceptors (Lipinski definition) is 1. The molecule has 0 aliphatic heterocycles. The van der Waals surface area contributed by atoms with Gasteiger partial charge >= 0.3 is 0 Å². The van der Waals surface area contributed by atoms with Gasteiger partial charge in [0.1, 0.15) is 0 Å². The zero-order chi connectivity index (χ0) is 13.9. The molecule has 0 spiro atoms. The van der Waals surface area contributed by atoms with Crippen molar-refractivity contribution < 1.29 is 4.79 Å². The Bertz CT molecular complexity index is 424. The van der Waals surface area contributed by atoms with Gasteiger partial charge < -0.3 is 5.32 Å². The van der Waals surface area contributed by atoms with Gasteiger partial charge in [-0.1, -0.05) is 51.1 Å². The summed E-state index contributed by atoms with van der Waals surface area (Å²) in [5.74, 6) is 0.182. The van der Waals surface area contributed by atoms with Crippen LogP contribution in [0.5, 0.6) is 0 Å². The van der Waals surface area contributed by atoms with E-state index in [9.17, 15) is 4.79 Å². The number of carbonyl (C=O) groups excluding carboxylic acids is 1. The number of nitrogens with one attached hydrogen (secondary N) is 1. The fourth-order valence-corrected chi connectivity index (χ4v) is 3.12. The molecular weight excluding hydrogens is 234 g/mol. The zero-order valence-electron chi connectivity index (χ0n) is 12.3. The molecule has 0 saturated heterocycles. The van der Waals surface area contributed by atoms with Crippen LogP contribution in [-0.2, 0) is 4.79 Å². The second-order valence-electron chi connectivity index (χ2n) is 6.48. The summed E-state index contributed by atoms with van der Waals surface area (Å²) in [5, 5.41) is 3.25. The number of carbonyl (C=O) groups is 1. The molecule has 1 amide bonds. The first-order valence-electron chi connectivity index (χ1n) is 7.37. The van der Waals surface area contributed by atoms with Crippen molar-refractivity contribution in [1.29, 1.82) is 0 Å². The SMILES string of the molecule is CCC(C(=O)NC1CCC(C)(C)C1)c1ccccc1. The van der Waals surface area contributed by atoms with Crippen LogP contribution in [0.15, 0.2) is 30.3 Å². The van der Waals surface area contributed by atoms with E-state index in [1.54, 1.807) is 0 Å². The minimum Gasteiger partial charge on any atom is -0.353 e. The summed E-state index contributed by atoms with van der Waals surface area (Å²) in [5.41, 5.74) is 1.51. The van der Waals surface area contributed by atoms with Crippen molar-refractivity contribution in [2.24, 2.45) is 5.41 Å². The van der Waals surface area contributed by atoms with Crippen LogP contribution in [-0.4, -0.2) is 11.9 Å². The summed E-state index contributed by atoms with van der Waals surface area (Å²) in [6, 6.07) is 10.5. The molecule has 2 unspecified atom stereocenters. The molecule has 1 fully saturated rings. The maximum absolute atomic E-state index is 12.4. The van der Waals surface area contributed by atoms with Gasteiger partial charge in [0, 0.05) is 6.04 Å². The Kier molecular flexibility index (Phi) is 4.28. The summed E-state index contributed by atoms with van der Waals surface area (Å²) in [6.07, 6.45) is 4.28. The number of benzene rings is 1. The van der Waals surface area contributed by atoms with Crippen LogP contribution in [0.2, 0.25) is 0 Å². The smallest absolute Gasteiger partial charge is 0.227 e. The van der Waals surface area contributed by atoms with E-state index >= 15 is 0 Å². The lowest BCUT2D eigenvalue weighted by Gasteiger charge is -2.21. The molecule has 0 heterocycles. The summed E-state index contributed by atoms with van der Waals surface area (Å²) >= 11 is 0. The third-order valence-electron chi connectivity index (χ3n) is 4.24. The van der Waals surface area contributed by atoms with Gasteiger partial charge in [-0.15, -0.1) is 0 Å². The maximum atomic E-state index is 12.4. The Morgan fingerprint density at radius 1 is 1.37 bits per heavy atom. The Morgan fingerprint density at radius 2 is 2.05 bits per heavy atom. The second kappa shape index (κ2) is 5.77.